The van der Waals surface area contributed by atoms with Crippen LogP contribution in [0, 0.1) is 0 Å². The number of rotatable bonds is 1. The van der Waals surface area contributed by atoms with E-state index in [9.17, 15) is 0 Å². The van der Waals surface area contributed by atoms with Crippen LogP contribution in [0.5, 0.6) is 5.75 Å². The van der Waals surface area contributed by atoms with Crippen LogP contribution in [0.3, 0.4) is 0 Å². The Balaban J connectivity index is 2.67. The Labute approximate surface area is 74.4 Å². The molecule has 0 saturated heterocycles. The Kier molecular flexibility index (Phi) is 1.85. The van der Waals surface area contributed by atoms with E-state index in [0.717, 1.165) is 11.3 Å². The maximum atomic E-state index is 5.10. The molecule has 0 aliphatic rings. The summed E-state index contributed by atoms with van der Waals surface area (Å²) in [6.45, 7) is 0. The minimum absolute atomic E-state index is 0.137. The van der Waals surface area contributed by atoms with E-state index in [1.54, 1.807) is 7.11 Å². The van der Waals surface area contributed by atoms with Gasteiger partial charge in [0.05, 0.1) is 0 Å². The van der Waals surface area contributed by atoms with E-state index in [1.807, 2.05) is 12.1 Å². The number of methoxy groups -OCH3 is 1. The van der Waals surface area contributed by atoms with Crippen molar-refractivity contribution in [3.05, 3.63) is 22.4 Å². The van der Waals surface area contributed by atoms with E-state index in [0.29, 0.717) is 0 Å². The van der Waals surface area contributed by atoms with Gasteiger partial charge >= 0.3 is 74.3 Å². The first kappa shape index (κ1) is 7.15. The topological polar surface area (TPSA) is 22.1 Å². The second kappa shape index (κ2) is 2.84. The standard InChI is InChI=1S/C8H7NOTe/c1-10-6-2-3-7-8(4-6)11-5-9-7/h2-5H,1H3. The number of nitrogens with zero attached hydrogens (tertiary/aromatic N) is 1. The van der Waals surface area contributed by atoms with Crippen molar-refractivity contribution in [1.82, 2.24) is 4.98 Å². The molecular formula is C8H7NOTe. The zero-order valence-electron chi connectivity index (χ0n) is 6.07. The maximum absolute atomic E-state index is 5.10. The fraction of sp³-hybridized carbons (Fsp3) is 0.125. The second-order valence-electron chi connectivity index (χ2n) is 2.19. The van der Waals surface area contributed by atoms with Crippen LogP contribution < -0.4 is 4.74 Å². The van der Waals surface area contributed by atoms with Crippen LogP contribution in [0.4, 0.5) is 0 Å². The van der Waals surface area contributed by atoms with Gasteiger partial charge in [0.2, 0.25) is 0 Å². The predicted octanol–water partition coefficient (Wildman–Crippen LogP) is 1.30. The Morgan fingerprint density at radius 3 is 3.18 bits per heavy atom. The van der Waals surface area contributed by atoms with Gasteiger partial charge in [-0.25, -0.2) is 0 Å². The Hall–Kier alpha value is -0.520. The number of fused-ring (bicyclic) bond motifs is 1. The molecule has 0 unspecified atom stereocenters. The summed E-state index contributed by atoms with van der Waals surface area (Å²) >= 11 is -0.137. The van der Waals surface area contributed by atoms with Crippen molar-refractivity contribution in [2.24, 2.45) is 0 Å². The first-order chi connectivity index (χ1) is 5.40. The van der Waals surface area contributed by atoms with Gasteiger partial charge < -0.3 is 0 Å². The molecule has 3 heteroatoms. The zero-order valence-corrected chi connectivity index (χ0v) is 8.40. The zero-order chi connectivity index (χ0) is 7.68. The molecule has 0 bridgehead atoms. The van der Waals surface area contributed by atoms with Crippen LogP contribution >= 0.6 is 0 Å². The van der Waals surface area contributed by atoms with E-state index in [-0.39, 0.29) is 20.4 Å². The van der Waals surface area contributed by atoms with Crippen molar-refractivity contribution in [2.45, 2.75) is 0 Å². The van der Waals surface area contributed by atoms with Crippen LogP contribution in [-0.4, -0.2) is 32.5 Å². The second-order valence-corrected chi connectivity index (χ2v) is 4.72. The monoisotopic (exact) mass is 263 g/mol. The molecule has 0 saturated carbocycles. The van der Waals surface area contributed by atoms with Crippen molar-refractivity contribution in [3.8, 4) is 5.75 Å². The normalized spacial score (nSPS) is 10.3. The van der Waals surface area contributed by atoms with Gasteiger partial charge in [-0.15, -0.1) is 0 Å². The van der Waals surface area contributed by atoms with Crippen LogP contribution in [0.25, 0.3) is 8.92 Å². The van der Waals surface area contributed by atoms with Gasteiger partial charge in [0, 0.05) is 0 Å². The third-order valence-electron chi connectivity index (χ3n) is 1.54. The summed E-state index contributed by atoms with van der Waals surface area (Å²) in [6, 6.07) is 6.06. The van der Waals surface area contributed by atoms with Crippen molar-refractivity contribution in [3.63, 3.8) is 0 Å². The van der Waals surface area contributed by atoms with Crippen molar-refractivity contribution in [2.75, 3.05) is 7.11 Å². The molecule has 0 N–H and O–H groups in total. The molecule has 1 aromatic heterocycles. The van der Waals surface area contributed by atoms with Gasteiger partial charge in [-0.2, -0.15) is 0 Å². The molecule has 0 amide bonds. The van der Waals surface area contributed by atoms with Gasteiger partial charge in [-0.3, -0.25) is 0 Å². The number of benzene rings is 1. The summed E-state index contributed by atoms with van der Waals surface area (Å²) < 4.78 is 8.54. The first-order valence-electron chi connectivity index (χ1n) is 3.27. The molecule has 2 aromatic rings. The van der Waals surface area contributed by atoms with Gasteiger partial charge in [0.1, 0.15) is 0 Å². The van der Waals surface area contributed by atoms with Gasteiger partial charge in [-0.1, -0.05) is 0 Å². The number of ether oxygens (including phenoxy) is 1. The van der Waals surface area contributed by atoms with E-state index in [2.05, 4.69) is 15.3 Å². The summed E-state index contributed by atoms with van der Waals surface area (Å²) in [6.07, 6.45) is 0. The molecule has 2 rings (SSSR count). The minimum atomic E-state index is -0.137. The number of hydrogen-bond donors (Lipinski definition) is 0. The average Bonchev–Trinajstić information content (AvgIpc) is 2.50. The summed E-state index contributed by atoms with van der Waals surface area (Å²) in [7, 11) is 1.69. The van der Waals surface area contributed by atoms with Crippen LogP contribution in [-0.2, 0) is 0 Å². The molecule has 2 nitrogen and oxygen atoms in total. The first-order valence-corrected chi connectivity index (χ1v) is 5.78. The molecule has 0 fully saturated rings. The van der Waals surface area contributed by atoms with E-state index in [1.165, 1.54) is 3.40 Å². The van der Waals surface area contributed by atoms with Crippen LogP contribution in [0.1, 0.15) is 0 Å². The van der Waals surface area contributed by atoms with Crippen LogP contribution in [0.2, 0.25) is 0 Å². The molecule has 1 heterocycles. The van der Waals surface area contributed by atoms with E-state index >= 15 is 0 Å². The molecule has 0 aliphatic carbocycles. The molecule has 0 atom stereocenters. The van der Waals surface area contributed by atoms with Gasteiger partial charge in [0.15, 0.2) is 0 Å². The van der Waals surface area contributed by atoms with E-state index in [4.69, 9.17) is 4.74 Å². The molecular weight excluding hydrogens is 254 g/mol. The number of hydrogen-bond acceptors (Lipinski definition) is 2. The quantitative estimate of drug-likeness (QED) is 0.721. The SMILES string of the molecule is COc1ccc2nc[te]c2c1. The number of aromatic nitrogens is 1. The predicted molar refractivity (Wildman–Crippen MR) is 45.2 cm³/mol. The Morgan fingerprint density at radius 2 is 2.36 bits per heavy atom. The van der Waals surface area contributed by atoms with Crippen molar-refractivity contribution < 1.29 is 4.74 Å². The van der Waals surface area contributed by atoms with Crippen LogP contribution in [0.15, 0.2) is 22.4 Å². The summed E-state index contributed by atoms with van der Waals surface area (Å²) in [5.74, 6) is 0.944. The fourth-order valence-corrected chi connectivity index (χ4v) is 2.98. The van der Waals surface area contributed by atoms with Crippen molar-refractivity contribution >= 4 is 29.3 Å². The van der Waals surface area contributed by atoms with Crippen molar-refractivity contribution in [1.29, 1.82) is 0 Å². The fourth-order valence-electron chi connectivity index (χ4n) is 0.962. The summed E-state index contributed by atoms with van der Waals surface area (Å²) in [5.41, 5.74) is 1.13. The average molecular weight is 261 g/mol. The molecule has 0 spiro atoms. The third-order valence-corrected chi connectivity index (χ3v) is 3.80. The molecule has 0 aliphatic heterocycles. The van der Waals surface area contributed by atoms with Gasteiger partial charge in [-0.05, 0) is 0 Å². The third kappa shape index (κ3) is 1.26. The molecule has 11 heavy (non-hydrogen) atoms. The molecule has 1 aromatic carbocycles. The Morgan fingerprint density at radius 1 is 1.45 bits per heavy atom. The molecule has 0 radical (unpaired) electrons. The van der Waals surface area contributed by atoms with E-state index < -0.39 is 0 Å². The summed E-state index contributed by atoms with van der Waals surface area (Å²) in [4.78, 5) is 4.25. The Bertz CT molecular complexity index is 369. The summed E-state index contributed by atoms with van der Waals surface area (Å²) in [5, 5.41) is 0. The van der Waals surface area contributed by atoms with Gasteiger partial charge in [0.25, 0.3) is 0 Å². The molecule has 56 valence electrons.